The number of aryl methyl sites for hydroxylation is 1. The highest BCUT2D eigenvalue weighted by Gasteiger charge is 2.36. The second-order valence-corrected chi connectivity index (χ2v) is 6.74. The molecular weight excluding hydrogens is 314 g/mol. The van der Waals surface area contributed by atoms with Gasteiger partial charge in [0.15, 0.2) is 0 Å². The van der Waals surface area contributed by atoms with E-state index in [2.05, 4.69) is 15.5 Å². The first kappa shape index (κ1) is 15.7. The van der Waals surface area contributed by atoms with Gasteiger partial charge in [-0.05, 0) is 43.5 Å². The molecule has 0 aliphatic carbocycles. The fraction of sp³-hybridized carbons (Fsp3) is 0.300. The number of nitrogens with one attached hydrogen (secondary N) is 2. The maximum atomic E-state index is 12.4. The van der Waals surface area contributed by atoms with E-state index >= 15 is 0 Å². The molecule has 5 nitrogen and oxygen atoms in total. The SMILES string of the molecule is Cc1ccc(CNC(=O)c2ccc3c(c2)NC(=O)C2CCCN32)cc1. The van der Waals surface area contributed by atoms with E-state index in [-0.39, 0.29) is 17.9 Å². The zero-order chi connectivity index (χ0) is 17.4. The van der Waals surface area contributed by atoms with Crippen LogP contribution in [0.3, 0.4) is 0 Å². The Hall–Kier alpha value is -2.82. The Morgan fingerprint density at radius 1 is 1.24 bits per heavy atom. The molecular formula is C20H21N3O2. The van der Waals surface area contributed by atoms with Crippen molar-refractivity contribution in [1.82, 2.24) is 5.32 Å². The molecule has 0 saturated carbocycles. The summed E-state index contributed by atoms with van der Waals surface area (Å²) in [6, 6.07) is 13.6. The van der Waals surface area contributed by atoms with Gasteiger partial charge < -0.3 is 15.5 Å². The van der Waals surface area contributed by atoms with Gasteiger partial charge in [0.25, 0.3) is 5.91 Å². The summed E-state index contributed by atoms with van der Waals surface area (Å²) >= 11 is 0. The highest BCUT2D eigenvalue weighted by molar-refractivity contribution is 6.06. The van der Waals surface area contributed by atoms with E-state index < -0.39 is 0 Å². The van der Waals surface area contributed by atoms with Gasteiger partial charge >= 0.3 is 0 Å². The number of nitrogens with zero attached hydrogens (tertiary/aromatic N) is 1. The van der Waals surface area contributed by atoms with Crippen LogP contribution >= 0.6 is 0 Å². The largest absolute Gasteiger partial charge is 0.358 e. The summed E-state index contributed by atoms with van der Waals surface area (Å²) in [6.07, 6.45) is 1.92. The maximum Gasteiger partial charge on any atom is 0.251 e. The number of benzene rings is 2. The summed E-state index contributed by atoms with van der Waals surface area (Å²) < 4.78 is 0. The third-order valence-corrected chi connectivity index (χ3v) is 4.96. The van der Waals surface area contributed by atoms with Gasteiger partial charge in [-0.3, -0.25) is 9.59 Å². The number of carbonyl (C=O) groups is 2. The van der Waals surface area contributed by atoms with Gasteiger partial charge in [-0.1, -0.05) is 29.8 Å². The van der Waals surface area contributed by atoms with Crippen molar-refractivity contribution in [2.45, 2.75) is 32.4 Å². The fourth-order valence-electron chi connectivity index (χ4n) is 3.56. The third kappa shape index (κ3) is 2.97. The summed E-state index contributed by atoms with van der Waals surface area (Å²) in [4.78, 5) is 26.8. The Kier molecular flexibility index (Phi) is 3.92. The Morgan fingerprint density at radius 2 is 2.04 bits per heavy atom. The summed E-state index contributed by atoms with van der Waals surface area (Å²) in [6.45, 7) is 3.41. The number of fused-ring (bicyclic) bond motifs is 3. The second-order valence-electron chi connectivity index (χ2n) is 6.74. The number of hydrogen-bond acceptors (Lipinski definition) is 3. The predicted molar refractivity (Wildman–Crippen MR) is 97.8 cm³/mol. The van der Waals surface area contributed by atoms with E-state index in [1.54, 1.807) is 6.07 Å². The number of amides is 2. The molecule has 25 heavy (non-hydrogen) atoms. The van der Waals surface area contributed by atoms with Crippen LogP contribution in [0.2, 0.25) is 0 Å². The summed E-state index contributed by atoms with van der Waals surface area (Å²) in [7, 11) is 0. The fourth-order valence-corrected chi connectivity index (χ4v) is 3.56. The van der Waals surface area contributed by atoms with Crippen LogP contribution in [0.5, 0.6) is 0 Å². The second kappa shape index (κ2) is 6.24. The van der Waals surface area contributed by atoms with Crippen LogP contribution in [0.4, 0.5) is 11.4 Å². The van der Waals surface area contributed by atoms with Gasteiger partial charge in [0.05, 0.1) is 11.4 Å². The highest BCUT2D eigenvalue weighted by Crippen LogP contribution is 2.37. The molecule has 2 aliphatic rings. The summed E-state index contributed by atoms with van der Waals surface area (Å²) in [5.74, 6) is -0.108. The molecule has 2 amide bonds. The van der Waals surface area contributed by atoms with Gasteiger partial charge in [0.1, 0.15) is 6.04 Å². The Labute approximate surface area is 147 Å². The first-order chi connectivity index (χ1) is 12.1. The molecule has 128 valence electrons. The molecule has 1 fully saturated rings. The average molecular weight is 335 g/mol. The van der Waals surface area contributed by atoms with Crippen LogP contribution in [-0.4, -0.2) is 24.4 Å². The number of hydrogen-bond donors (Lipinski definition) is 2. The van der Waals surface area contributed by atoms with Crippen molar-refractivity contribution in [1.29, 1.82) is 0 Å². The van der Waals surface area contributed by atoms with Crippen LogP contribution in [-0.2, 0) is 11.3 Å². The molecule has 2 heterocycles. The van der Waals surface area contributed by atoms with Crippen LogP contribution in [0.25, 0.3) is 0 Å². The lowest BCUT2D eigenvalue weighted by Gasteiger charge is -2.33. The zero-order valence-corrected chi connectivity index (χ0v) is 14.2. The topological polar surface area (TPSA) is 61.4 Å². The van der Waals surface area contributed by atoms with Crippen molar-refractivity contribution in [2.75, 3.05) is 16.8 Å². The smallest absolute Gasteiger partial charge is 0.251 e. The van der Waals surface area contributed by atoms with Crippen LogP contribution < -0.4 is 15.5 Å². The standard InChI is InChI=1S/C20H21N3O2/c1-13-4-6-14(7-5-13)12-21-19(24)15-8-9-17-16(11-15)22-20(25)18-3-2-10-23(17)18/h4-9,11,18H,2-3,10,12H2,1H3,(H,21,24)(H,22,25). The van der Waals surface area contributed by atoms with Crippen molar-refractivity contribution < 1.29 is 9.59 Å². The van der Waals surface area contributed by atoms with Crippen LogP contribution in [0.15, 0.2) is 42.5 Å². The van der Waals surface area contributed by atoms with E-state index in [1.165, 1.54) is 5.56 Å². The molecule has 2 N–H and O–H groups in total. The third-order valence-electron chi connectivity index (χ3n) is 4.96. The van der Waals surface area contributed by atoms with Gasteiger partial charge in [-0.25, -0.2) is 0 Å². The molecule has 5 heteroatoms. The lowest BCUT2D eigenvalue weighted by atomic mass is 10.1. The van der Waals surface area contributed by atoms with Gasteiger partial charge in [-0.2, -0.15) is 0 Å². The molecule has 0 bridgehead atoms. The first-order valence-electron chi connectivity index (χ1n) is 8.67. The molecule has 1 saturated heterocycles. The quantitative estimate of drug-likeness (QED) is 0.907. The monoisotopic (exact) mass is 335 g/mol. The molecule has 1 unspecified atom stereocenters. The minimum atomic E-state index is -0.138. The lowest BCUT2D eigenvalue weighted by Crippen LogP contribution is -2.44. The zero-order valence-electron chi connectivity index (χ0n) is 14.2. The number of anilines is 2. The first-order valence-corrected chi connectivity index (χ1v) is 8.67. The average Bonchev–Trinajstić information content (AvgIpc) is 3.11. The molecule has 0 spiro atoms. The molecule has 2 aromatic carbocycles. The van der Waals surface area contributed by atoms with Crippen molar-refractivity contribution in [3.8, 4) is 0 Å². The van der Waals surface area contributed by atoms with Gasteiger partial charge in [0.2, 0.25) is 5.91 Å². The highest BCUT2D eigenvalue weighted by atomic mass is 16.2. The summed E-state index contributed by atoms with van der Waals surface area (Å²) in [5, 5.41) is 5.88. The molecule has 0 aromatic heterocycles. The molecule has 2 aliphatic heterocycles. The van der Waals surface area contributed by atoms with E-state index in [1.807, 2.05) is 43.3 Å². The van der Waals surface area contributed by atoms with E-state index in [9.17, 15) is 9.59 Å². The summed E-state index contributed by atoms with van der Waals surface area (Å²) in [5.41, 5.74) is 4.55. The minimum absolute atomic E-state index is 0.0298. The van der Waals surface area contributed by atoms with Gasteiger partial charge in [0, 0.05) is 18.7 Å². The maximum absolute atomic E-state index is 12.4. The normalized spacial score (nSPS) is 18.4. The van der Waals surface area contributed by atoms with E-state index in [4.69, 9.17) is 0 Å². The molecule has 4 rings (SSSR count). The van der Waals surface area contributed by atoms with E-state index in [0.29, 0.717) is 12.1 Å². The van der Waals surface area contributed by atoms with Crippen molar-refractivity contribution in [3.63, 3.8) is 0 Å². The minimum Gasteiger partial charge on any atom is -0.358 e. The number of carbonyl (C=O) groups excluding carboxylic acids is 2. The lowest BCUT2D eigenvalue weighted by molar-refractivity contribution is -0.117. The van der Waals surface area contributed by atoms with Crippen molar-refractivity contribution in [2.24, 2.45) is 0 Å². The van der Waals surface area contributed by atoms with Crippen LogP contribution in [0.1, 0.15) is 34.3 Å². The molecule has 0 radical (unpaired) electrons. The van der Waals surface area contributed by atoms with E-state index in [0.717, 1.165) is 36.3 Å². The van der Waals surface area contributed by atoms with Crippen molar-refractivity contribution >= 4 is 23.2 Å². The van der Waals surface area contributed by atoms with Gasteiger partial charge in [-0.15, -0.1) is 0 Å². The Morgan fingerprint density at radius 3 is 2.84 bits per heavy atom. The Bertz CT molecular complexity index is 829. The molecule has 2 aromatic rings. The van der Waals surface area contributed by atoms with Crippen molar-refractivity contribution in [3.05, 3.63) is 59.2 Å². The Balaban J connectivity index is 1.49. The van der Waals surface area contributed by atoms with Crippen LogP contribution in [0, 0.1) is 6.92 Å². The molecule has 1 atom stereocenters. The predicted octanol–water partition coefficient (Wildman–Crippen LogP) is 2.85. The number of rotatable bonds is 3.